The van der Waals surface area contributed by atoms with Crippen LogP contribution < -0.4 is 10.5 Å². The highest BCUT2D eigenvalue weighted by Gasteiger charge is 2.22. The number of hydrogen-bond donors (Lipinski definition) is 1. The molecule has 0 aliphatic heterocycles. The van der Waals surface area contributed by atoms with Crippen LogP contribution >= 0.6 is 11.3 Å². The lowest BCUT2D eigenvalue weighted by molar-refractivity contribution is -0.134. The van der Waals surface area contributed by atoms with Gasteiger partial charge in [-0.15, -0.1) is 11.3 Å². The lowest BCUT2D eigenvalue weighted by Crippen LogP contribution is -2.34. The number of rotatable bonds is 7. The summed E-state index contributed by atoms with van der Waals surface area (Å²) in [5.74, 6) is -0.905. The van der Waals surface area contributed by atoms with Crippen molar-refractivity contribution in [3.8, 4) is 5.75 Å². The van der Waals surface area contributed by atoms with Crippen LogP contribution in [0, 0.1) is 19.7 Å². The molecule has 2 N–H and O–H groups in total. The maximum Gasteiger partial charge on any atom is 0.351 e. The molecule has 2 heterocycles. The lowest BCUT2D eigenvalue weighted by Gasteiger charge is -2.21. The summed E-state index contributed by atoms with van der Waals surface area (Å²) in [6.07, 6.45) is 0. The zero-order valence-corrected chi connectivity index (χ0v) is 18.5. The molecule has 0 atom stereocenters. The van der Waals surface area contributed by atoms with Gasteiger partial charge in [-0.1, -0.05) is 6.07 Å². The van der Waals surface area contributed by atoms with Crippen molar-refractivity contribution in [1.29, 1.82) is 0 Å². The van der Waals surface area contributed by atoms with E-state index in [2.05, 4.69) is 9.97 Å². The summed E-state index contributed by atoms with van der Waals surface area (Å²) in [5, 5.41) is 0.616. The van der Waals surface area contributed by atoms with E-state index < -0.39 is 24.3 Å². The van der Waals surface area contributed by atoms with Gasteiger partial charge in [-0.05, 0) is 38.5 Å². The molecule has 10 heteroatoms. The normalized spacial score (nSPS) is 10.9. The second kappa shape index (κ2) is 9.25. The van der Waals surface area contributed by atoms with Gasteiger partial charge < -0.3 is 20.1 Å². The molecule has 1 amide bonds. The van der Waals surface area contributed by atoms with Gasteiger partial charge in [-0.2, -0.15) is 0 Å². The summed E-state index contributed by atoms with van der Waals surface area (Å²) in [7, 11) is 1.38. The van der Waals surface area contributed by atoms with E-state index in [1.807, 2.05) is 0 Å². The Kier molecular flexibility index (Phi) is 6.69. The Labute approximate surface area is 182 Å². The van der Waals surface area contributed by atoms with E-state index in [0.29, 0.717) is 33.8 Å². The Morgan fingerprint density at radius 3 is 2.65 bits per heavy atom. The third-order valence-corrected chi connectivity index (χ3v) is 5.80. The molecular formula is C21H23FN4O4S. The maximum absolute atomic E-state index is 13.9. The van der Waals surface area contributed by atoms with Gasteiger partial charge in [0.1, 0.15) is 15.5 Å². The lowest BCUT2D eigenvalue weighted by atomic mass is 10.2. The van der Waals surface area contributed by atoms with Crippen LogP contribution in [0.1, 0.15) is 33.7 Å². The number of nitrogens with zero attached hydrogens (tertiary/aromatic N) is 3. The fourth-order valence-electron chi connectivity index (χ4n) is 3.17. The van der Waals surface area contributed by atoms with Gasteiger partial charge in [0.15, 0.2) is 18.2 Å². The minimum absolute atomic E-state index is 0.128. The topological polar surface area (TPSA) is 108 Å². The SMILES string of the molecule is CCN(Cc1ccc(OC)c(F)c1)C(=O)COC(=O)c1sc2nc(C)nc(C)c2c1N. The molecule has 3 rings (SSSR count). The fourth-order valence-corrected chi connectivity index (χ4v) is 4.26. The number of methoxy groups -OCH3 is 1. The van der Waals surface area contributed by atoms with Crippen molar-refractivity contribution in [2.45, 2.75) is 27.3 Å². The molecule has 8 nitrogen and oxygen atoms in total. The summed E-state index contributed by atoms with van der Waals surface area (Å²) < 4.78 is 24.0. The standard InChI is InChI=1S/C21H23FN4O4S/c1-5-26(9-13-6-7-15(29-4)14(22)8-13)16(27)10-30-21(28)19-18(23)17-11(2)24-12(3)25-20(17)31-19/h6-8H,5,9-10,23H2,1-4H3. The number of thiophene rings is 1. The molecular weight excluding hydrogens is 423 g/mol. The second-order valence-corrected chi connectivity index (χ2v) is 7.83. The van der Waals surface area contributed by atoms with Crippen LogP contribution in [0.4, 0.5) is 10.1 Å². The number of esters is 1. The van der Waals surface area contributed by atoms with Gasteiger partial charge >= 0.3 is 5.97 Å². The average Bonchev–Trinajstić information content (AvgIpc) is 3.06. The molecule has 164 valence electrons. The number of carbonyl (C=O) groups excluding carboxylic acids is 2. The molecule has 1 aromatic carbocycles. The number of benzene rings is 1. The number of amides is 1. The van der Waals surface area contributed by atoms with Crippen molar-refractivity contribution in [3.63, 3.8) is 0 Å². The number of ether oxygens (including phenoxy) is 2. The predicted molar refractivity (Wildman–Crippen MR) is 116 cm³/mol. The number of nitrogens with two attached hydrogens (primary N) is 1. The van der Waals surface area contributed by atoms with Crippen LogP contribution in [0.5, 0.6) is 5.75 Å². The molecule has 0 radical (unpaired) electrons. The minimum atomic E-state index is -0.697. The number of fused-ring (bicyclic) bond motifs is 1. The molecule has 0 aliphatic carbocycles. The third-order valence-electron chi connectivity index (χ3n) is 4.72. The van der Waals surface area contributed by atoms with Crippen molar-refractivity contribution in [2.75, 3.05) is 26.0 Å². The van der Waals surface area contributed by atoms with Gasteiger partial charge in [0.05, 0.1) is 23.9 Å². The van der Waals surface area contributed by atoms with Crippen molar-refractivity contribution in [2.24, 2.45) is 0 Å². The van der Waals surface area contributed by atoms with Crippen LogP contribution in [0.2, 0.25) is 0 Å². The van der Waals surface area contributed by atoms with E-state index in [1.54, 1.807) is 26.8 Å². The molecule has 2 aromatic heterocycles. The zero-order valence-electron chi connectivity index (χ0n) is 17.7. The number of likely N-dealkylation sites (N-methyl/N-ethyl adjacent to an activating group) is 1. The molecule has 0 saturated heterocycles. The van der Waals surface area contributed by atoms with Gasteiger partial charge in [0.2, 0.25) is 0 Å². The Morgan fingerprint density at radius 1 is 1.26 bits per heavy atom. The Bertz CT molecular complexity index is 1150. The molecule has 31 heavy (non-hydrogen) atoms. The number of hydrogen-bond acceptors (Lipinski definition) is 8. The number of anilines is 1. The molecule has 0 aliphatic rings. The average molecular weight is 447 g/mol. The number of halogens is 1. The van der Waals surface area contributed by atoms with Crippen molar-refractivity contribution < 1.29 is 23.5 Å². The van der Waals surface area contributed by atoms with E-state index in [1.165, 1.54) is 24.1 Å². The first kappa shape index (κ1) is 22.4. The summed E-state index contributed by atoms with van der Waals surface area (Å²) in [4.78, 5) is 35.9. The van der Waals surface area contributed by atoms with E-state index >= 15 is 0 Å². The van der Waals surface area contributed by atoms with Crippen LogP contribution in [0.25, 0.3) is 10.2 Å². The van der Waals surface area contributed by atoms with Crippen molar-refractivity contribution >= 4 is 39.1 Å². The highest BCUT2D eigenvalue weighted by molar-refractivity contribution is 7.21. The van der Waals surface area contributed by atoms with Crippen molar-refractivity contribution in [1.82, 2.24) is 14.9 Å². The van der Waals surface area contributed by atoms with E-state index in [4.69, 9.17) is 15.2 Å². The van der Waals surface area contributed by atoms with Gasteiger partial charge in [0, 0.05) is 13.1 Å². The van der Waals surface area contributed by atoms with E-state index in [0.717, 1.165) is 11.3 Å². The quantitative estimate of drug-likeness (QED) is 0.555. The maximum atomic E-state index is 13.9. The molecule has 0 bridgehead atoms. The predicted octanol–water partition coefficient (Wildman–Crippen LogP) is 3.24. The Balaban J connectivity index is 1.68. The van der Waals surface area contributed by atoms with Gasteiger partial charge in [-0.3, -0.25) is 4.79 Å². The number of carbonyl (C=O) groups is 2. The first-order valence-corrected chi connectivity index (χ1v) is 10.4. The smallest absolute Gasteiger partial charge is 0.351 e. The fraction of sp³-hybridized carbons (Fsp3) is 0.333. The molecule has 0 unspecified atom stereocenters. The number of aryl methyl sites for hydroxylation is 2. The van der Waals surface area contributed by atoms with Crippen LogP contribution in [-0.2, 0) is 16.1 Å². The third kappa shape index (κ3) is 4.74. The second-order valence-electron chi connectivity index (χ2n) is 6.83. The minimum Gasteiger partial charge on any atom is -0.494 e. The monoisotopic (exact) mass is 446 g/mol. The highest BCUT2D eigenvalue weighted by Crippen LogP contribution is 2.34. The summed E-state index contributed by atoms with van der Waals surface area (Å²) in [6, 6.07) is 4.48. The Hall–Kier alpha value is -3.27. The zero-order chi connectivity index (χ0) is 22.7. The number of aromatic nitrogens is 2. The van der Waals surface area contributed by atoms with E-state index in [9.17, 15) is 14.0 Å². The summed E-state index contributed by atoms with van der Waals surface area (Å²) >= 11 is 1.10. The molecule has 0 fully saturated rings. The molecule has 0 saturated carbocycles. The van der Waals surface area contributed by atoms with Crippen molar-refractivity contribution in [3.05, 3.63) is 46.0 Å². The largest absolute Gasteiger partial charge is 0.494 e. The molecule has 3 aromatic rings. The first-order chi connectivity index (χ1) is 14.7. The van der Waals surface area contributed by atoms with E-state index in [-0.39, 0.29) is 22.9 Å². The summed E-state index contributed by atoms with van der Waals surface area (Å²) in [6.45, 7) is 5.42. The first-order valence-electron chi connectivity index (χ1n) is 9.55. The molecule has 0 spiro atoms. The highest BCUT2D eigenvalue weighted by atomic mass is 32.1. The van der Waals surface area contributed by atoms with Crippen LogP contribution in [0.15, 0.2) is 18.2 Å². The van der Waals surface area contributed by atoms with Gasteiger partial charge in [-0.25, -0.2) is 19.2 Å². The van der Waals surface area contributed by atoms with Crippen LogP contribution in [-0.4, -0.2) is 47.0 Å². The summed E-state index contributed by atoms with van der Waals surface area (Å²) in [5.41, 5.74) is 7.63. The van der Waals surface area contributed by atoms with Crippen LogP contribution in [0.3, 0.4) is 0 Å². The number of nitrogen functional groups attached to an aromatic ring is 1. The van der Waals surface area contributed by atoms with Gasteiger partial charge in [0.25, 0.3) is 5.91 Å². The Morgan fingerprint density at radius 2 is 2.00 bits per heavy atom.